The molecule has 0 atom stereocenters. The molecular weight excluding hydrogens is 349 g/mol. The fourth-order valence-corrected chi connectivity index (χ4v) is 2.87. The molecule has 24 heavy (non-hydrogen) atoms. The highest BCUT2D eigenvalue weighted by molar-refractivity contribution is 8.00. The third-order valence-electron chi connectivity index (χ3n) is 3.02. The lowest BCUT2D eigenvalue weighted by molar-refractivity contribution is -0.113. The van der Waals surface area contributed by atoms with E-state index in [0.29, 0.717) is 5.69 Å². The van der Waals surface area contributed by atoms with Crippen LogP contribution in [0, 0.1) is 42.9 Å². The lowest BCUT2D eigenvalue weighted by atomic mass is 10.1. The van der Waals surface area contributed by atoms with Crippen LogP contribution >= 0.6 is 11.8 Å². The normalized spacial score (nSPS) is 10.8. The maximum absolute atomic E-state index is 13.5. The number of carbonyl (C=O) groups is 1. The van der Waals surface area contributed by atoms with Gasteiger partial charge >= 0.3 is 0 Å². The van der Waals surface area contributed by atoms with Crippen molar-refractivity contribution < 1.29 is 26.7 Å². The molecule has 0 aliphatic heterocycles. The standard InChI is InChI=1S/C16H12F5NOS/c1-7-3-8(2)5-9(4-7)22-10(23)6-24-16-14(20)12(18)11(17)13(19)15(16)21/h3-5H,6H2,1-2H3,(H,22,23). The summed E-state index contributed by atoms with van der Waals surface area (Å²) in [5, 5.41) is 2.51. The summed E-state index contributed by atoms with van der Waals surface area (Å²) < 4.78 is 66.1. The largest absolute Gasteiger partial charge is 0.325 e. The maximum atomic E-state index is 13.5. The first-order valence-electron chi connectivity index (χ1n) is 6.73. The molecule has 0 spiro atoms. The summed E-state index contributed by atoms with van der Waals surface area (Å²) >= 11 is 0.238. The zero-order chi connectivity index (χ0) is 18.0. The molecule has 128 valence electrons. The fourth-order valence-electron chi connectivity index (χ4n) is 2.09. The predicted octanol–water partition coefficient (Wildman–Crippen LogP) is 4.73. The monoisotopic (exact) mass is 361 g/mol. The Hall–Kier alpha value is -2.09. The summed E-state index contributed by atoms with van der Waals surface area (Å²) in [6.45, 7) is 3.65. The summed E-state index contributed by atoms with van der Waals surface area (Å²) in [6, 6.07) is 5.27. The molecule has 0 heterocycles. The Kier molecular flexibility index (Phi) is 5.48. The molecule has 0 aliphatic rings. The number of hydrogen-bond acceptors (Lipinski definition) is 2. The molecule has 1 N–H and O–H groups in total. The second kappa shape index (κ2) is 7.21. The second-order valence-corrected chi connectivity index (χ2v) is 6.10. The van der Waals surface area contributed by atoms with E-state index in [9.17, 15) is 26.7 Å². The molecule has 0 saturated carbocycles. The minimum Gasteiger partial charge on any atom is -0.325 e. The van der Waals surface area contributed by atoms with E-state index in [1.165, 1.54) is 0 Å². The van der Waals surface area contributed by atoms with Gasteiger partial charge in [0.1, 0.15) is 0 Å². The zero-order valence-corrected chi connectivity index (χ0v) is 13.5. The number of nitrogens with one attached hydrogen (secondary N) is 1. The van der Waals surface area contributed by atoms with Gasteiger partial charge in [0.25, 0.3) is 0 Å². The molecule has 0 unspecified atom stereocenters. The minimum absolute atomic E-state index is 0.238. The summed E-state index contributed by atoms with van der Waals surface area (Å²) in [5.74, 6) is -11.3. The quantitative estimate of drug-likeness (QED) is 0.369. The number of hydrogen-bond donors (Lipinski definition) is 1. The third kappa shape index (κ3) is 3.87. The van der Waals surface area contributed by atoms with Crippen LogP contribution in [0.15, 0.2) is 23.1 Å². The number of thioether (sulfide) groups is 1. The Labute approximate surface area is 139 Å². The van der Waals surface area contributed by atoms with Crippen molar-refractivity contribution in [2.75, 3.05) is 11.1 Å². The van der Waals surface area contributed by atoms with Crippen LogP contribution < -0.4 is 5.32 Å². The lowest BCUT2D eigenvalue weighted by Crippen LogP contribution is -2.15. The summed E-state index contributed by atoms with van der Waals surface area (Å²) in [5.41, 5.74) is 2.28. The van der Waals surface area contributed by atoms with Crippen molar-refractivity contribution in [3.05, 3.63) is 58.4 Å². The van der Waals surface area contributed by atoms with Crippen LogP contribution in [0.1, 0.15) is 11.1 Å². The van der Waals surface area contributed by atoms with E-state index < -0.39 is 45.6 Å². The topological polar surface area (TPSA) is 29.1 Å². The summed E-state index contributed by atoms with van der Waals surface area (Å²) in [7, 11) is 0. The Morgan fingerprint density at radius 1 is 0.875 bits per heavy atom. The zero-order valence-electron chi connectivity index (χ0n) is 12.6. The van der Waals surface area contributed by atoms with Crippen molar-refractivity contribution in [3.63, 3.8) is 0 Å². The molecule has 1 amide bonds. The third-order valence-corrected chi connectivity index (χ3v) is 4.08. The average Bonchev–Trinajstić information content (AvgIpc) is 2.50. The fraction of sp³-hybridized carbons (Fsp3) is 0.188. The summed E-state index contributed by atoms with van der Waals surface area (Å²) in [6.07, 6.45) is 0. The van der Waals surface area contributed by atoms with Crippen molar-refractivity contribution in [2.45, 2.75) is 18.7 Å². The van der Waals surface area contributed by atoms with Crippen LogP contribution in [-0.4, -0.2) is 11.7 Å². The molecule has 2 rings (SSSR count). The van der Waals surface area contributed by atoms with Crippen molar-refractivity contribution in [1.29, 1.82) is 0 Å². The molecule has 0 fully saturated rings. The summed E-state index contributed by atoms with van der Waals surface area (Å²) in [4.78, 5) is 10.7. The smallest absolute Gasteiger partial charge is 0.234 e. The number of anilines is 1. The number of rotatable bonds is 4. The highest BCUT2D eigenvalue weighted by Gasteiger charge is 2.26. The molecule has 0 bridgehead atoms. The molecule has 8 heteroatoms. The van der Waals surface area contributed by atoms with Gasteiger partial charge in [-0.05, 0) is 37.1 Å². The Morgan fingerprint density at radius 2 is 1.33 bits per heavy atom. The number of amides is 1. The molecule has 2 aromatic rings. The van der Waals surface area contributed by atoms with E-state index in [1.54, 1.807) is 12.1 Å². The van der Waals surface area contributed by atoms with Crippen LogP contribution in [0.25, 0.3) is 0 Å². The molecule has 0 radical (unpaired) electrons. The van der Waals surface area contributed by atoms with E-state index >= 15 is 0 Å². The maximum Gasteiger partial charge on any atom is 0.234 e. The molecule has 2 aromatic carbocycles. The molecule has 2 nitrogen and oxygen atoms in total. The van der Waals surface area contributed by atoms with Crippen molar-refractivity contribution in [1.82, 2.24) is 0 Å². The number of aryl methyl sites for hydroxylation is 2. The molecular formula is C16H12F5NOS. The average molecular weight is 361 g/mol. The Balaban J connectivity index is 2.12. The van der Waals surface area contributed by atoms with Gasteiger partial charge in [-0.3, -0.25) is 4.79 Å². The van der Waals surface area contributed by atoms with Crippen LogP contribution in [0.4, 0.5) is 27.6 Å². The minimum atomic E-state index is -2.23. The number of carbonyl (C=O) groups excluding carboxylic acids is 1. The first kappa shape index (κ1) is 18.3. The first-order chi connectivity index (χ1) is 11.2. The van der Waals surface area contributed by atoms with Crippen molar-refractivity contribution in [3.8, 4) is 0 Å². The van der Waals surface area contributed by atoms with Crippen LogP contribution in [-0.2, 0) is 4.79 Å². The predicted molar refractivity (Wildman–Crippen MR) is 81.5 cm³/mol. The van der Waals surface area contributed by atoms with Gasteiger partial charge in [0.2, 0.25) is 11.7 Å². The first-order valence-corrected chi connectivity index (χ1v) is 7.71. The van der Waals surface area contributed by atoms with E-state index in [1.807, 2.05) is 19.9 Å². The van der Waals surface area contributed by atoms with E-state index in [2.05, 4.69) is 5.32 Å². The van der Waals surface area contributed by atoms with E-state index in [0.717, 1.165) is 11.1 Å². The van der Waals surface area contributed by atoms with Gasteiger partial charge in [-0.2, -0.15) is 0 Å². The van der Waals surface area contributed by atoms with Crippen LogP contribution in [0.2, 0.25) is 0 Å². The Bertz CT molecular complexity index is 760. The van der Waals surface area contributed by atoms with E-state index in [4.69, 9.17) is 0 Å². The molecule has 0 saturated heterocycles. The van der Waals surface area contributed by atoms with Gasteiger partial charge in [0.05, 0.1) is 10.6 Å². The van der Waals surface area contributed by atoms with Gasteiger partial charge in [0.15, 0.2) is 23.3 Å². The number of benzene rings is 2. The van der Waals surface area contributed by atoms with Gasteiger partial charge in [-0.1, -0.05) is 6.07 Å². The van der Waals surface area contributed by atoms with Gasteiger partial charge in [-0.15, -0.1) is 11.8 Å². The van der Waals surface area contributed by atoms with Gasteiger partial charge in [-0.25, -0.2) is 22.0 Å². The Morgan fingerprint density at radius 3 is 1.83 bits per heavy atom. The van der Waals surface area contributed by atoms with Crippen molar-refractivity contribution >= 4 is 23.4 Å². The lowest BCUT2D eigenvalue weighted by Gasteiger charge is -2.09. The van der Waals surface area contributed by atoms with Crippen molar-refractivity contribution in [2.24, 2.45) is 0 Å². The molecule has 0 aliphatic carbocycles. The molecule has 0 aromatic heterocycles. The van der Waals surface area contributed by atoms with Crippen LogP contribution in [0.3, 0.4) is 0 Å². The van der Waals surface area contributed by atoms with E-state index in [-0.39, 0.29) is 11.8 Å². The second-order valence-electron chi connectivity index (χ2n) is 5.11. The van der Waals surface area contributed by atoms with Gasteiger partial charge in [0, 0.05) is 5.69 Å². The van der Waals surface area contributed by atoms with Crippen LogP contribution in [0.5, 0.6) is 0 Å². The highest BCUT2D eigenvalue weighted by Crippen LogP contribution is 2.30. The SMILES string of the molecule is Cc1cc(C)cc(NC(=O)CSc2c(F)c(F)c(F)c(F)c2F)c1. The highest BCUT2D eigenvalue weighted by atomic mass is 32.2. The van der Waals surface area contributed by atoms with Gasteiger partial charge < -0.3 is 5.32 Å². The number of halogens is 5.